The van der Waals surface area contributed by atoms with Crippen molar-refractivity contribution >= 4 is 33.3 Å². The fourth-order valence-corrected chi connectivity index (χ4v) is 5.04. The Morgan fingerprint density at radius 3 is 2.69 bits per heavy atom. The third kappa shape index (κ3) is 3.75. The number of nitrogens with one attached hydrogen (secondary N) is 1. The Hall–Kier alpha value is -3.59. The molecular formula is C23H18F2N4O2S. The van der Waals surface area contributed by atoms with E-state index in [2.05, 4.69) is 10.3 Å². The Balaban J connectivity index is 1.40. The Morgan fingerprint density at radius 1 is 1.12 bits per heavy atom. The van der Waals surface area contributed by atoms with Crippen LogP contribution in [-0.4, -0.2) is 27.0 Å². The highest BCUT2D eigenvalue weighted by Gasteiger charge is 2.26. The van der Waals surface area contributed by atoms with Crippen LogP contribution in [0, 0.1) is 11.6 Å². The van der Waals surface area contributed by atoms with Gasteiger partial charge in [0.05, 0.1) is 30.5 Å². The van der Waals surface area contributed by atoms with Crippen LogP contribution < -0.4 is 10.9 Å². The monoisotopic (exact) mass is 452 g/mol. The number of rotatable bonds is 3. The Kier molecular flexibility index (Phi) is 5.18. The lowest BCUT2D eigenvalue weighted by Crippen LogP contribution is -2.38. The highest BCUT2D eigenvalue weighted by atomic mass is 32.1. The van der Waals surface area contributed by atoms with Crippen LogP contribution in [0.4, 0.5) is 19.3 Å². The van der Waals surface area contributed by atoms with Crippen molar-refractivity contribution < 1.29 is 13.6 Å². The van der Waals surface area contributed by atoms with Gasteiger partial charge >= 0.3 is 6.03 Å². The van der Waals surface area contributed by atoms with Gasteiger partial charge in [-0.15, -0.1) is 11.3 Å². The van der Waals surface area contributed by atoms with E-state index in [4.69, 9.17) is 0 Å². The third-order valence-corrected chi connectivity index (χ3v) is 6.62. The lowest BCUT2D eigenvalue weighted by Gasteiger charge is -2.27. The molecule has 0 saturated heterocycles. The molecule has 0 fully saturated rings. The van der Waals surface area contributed by atoms with E-state index in [0.29, 0.717) is 36.3 Å². The SMILES string of the molecule is O=C(Nc1ccccc1F)N1CCc2c(sc3ncn(Cc4ccc(F)cc4)c(=O)c23)C1. The summed E-state index contributed by atoms with van der Waals surface area (Å²) in [6.07, 6.45) is 2.01. The highest BCUT2D eigenvalue weighted by Crippen LogP contribution is 2.32. The van der Waals surface area contributed by atoms with Crippen molar-refractivity contribution in [2.75, 3.05) is 11.9 Å². The number of halogens is 2. The second-order valence-electron chi connectivity index (χ2n) is 7.57. The first-order valence-corrected chi connectivity index (χ1v) is 10.9. The second kappa shape index (κ2) is 8.16. The fourth-order valence-electron chi connectivity index (χ4n) is 3.85. The number of carbonyl (C=O) groups is 1. The first kappa shape index (κ1) is 20.3. The maximum Gasteiger partial charge on any atom is 0.322 e. The van der Waals surface area contributed by atoms with E-state index >= 15 is 0 Å². The van der Waals surface area contributed by atoms with Gasteiger partial charge in [0.25, 0.3) is 5.56 Å². The Morgan fingerprint density at radius 2 is 1.91 bits per heavy atom. The van der Waals surface area contributed by atoms with E-state index in [1.165, 1.54) is 46.5 Å². The van der Waals surface area contributed by atoms with Gasteiger partial charge in [0.2, 0.25) is 0 Å². The lowest BCUT2D eigenvalue weighted by molar-refractivity contribution is 0.207. The number of fused-ring (bicyclic) bond motifs is 3. The summed E-state index contributed by atoms with van der Waals surface area (Å²) in [5, 5.41) is 3.18. The van der Waals surface area contributed by atoms with E-state index < -0.39 is 5.82 Å². The van der Waals surface area contributed by atoms with Gasteiger partial charge < -0.3 is 10.2 Å². The van der Waals surface area contributed by atoms with Crippen LogP contribution in [0.5, 0.6) is 0 Å². The third-order valence-electron chi connectivity index (χ3n) is 5.50. The number of carbonyl (C=O) groups excluding carboxylic acids is 1. The molecule has 0 unspecified atom stereocenters. The summed E-state index contributed by atoms with van der Waals surface area (Å²) in [6, 6.07) is 11.6. The van der Waals surface area contributed by atoms with E-state index in [1.54, 1.807) is 29.2 Å². The zero-order valence-corrected chi connectivity index (χ0v) is 17.7. The molecule has 0 atom stereocenters. The van der Waals surface area contributed by atoms with Gasteiger partial charge in [0.15, 0.2) is 0 Å². The smallest absolute Gasteiger partial charge is 0.319 e. The van der Waals surface area contributed by atoms with E-state index in [-0.39, 0.29) is 23.1 Å². The molecule has 5 rings (SSSR count). The number of hydrogen-bond acceptors (Lipinski definition) is 4. The van der Waals surface area contributed by atoms with Crippen molar-refractivity contribution in [2.45, 2.75) is 19.5 Å². The van der Waals surface area contributed by atoms with Gasteiger partial charge in [0, 0.05) is 11.4 Å². The summed E-state index contributed by atoms with van der Waals surface area (Å²) in [5.41, 5.74) is 1.69. The number of nitrogens with zero attached hydrogens (tertiary/aromatic N) is 3. The predicted molar refractivity (Wildman–Crippen MR) is 119 cm³/mol. The van der Waals surface area contributed by atoms with Crippen LogP contribution in [0.2, 0.25) is 0 Å². The largest absolute Gasteiger partial charge is 0.322 e. The predicted octanol–water partition coefficient (Wildman–Crippen LogP) is 4.37. The maximum atomic E-state index is 13.9. The van der Waals surface area contributed by atoms with Crippen LogP contribution in [-0.2, 0) is 19.5 Å². The molecule has 3 heterocycles. The van der Waals surface area contributed by atoms with Crippen molar-refractivity contribution in [1.82, 2.24) is 14.5 Å². The van der Waals surface area contributed by atoms with Crippen molar-refractivity contribution in [1.29, 1.82) is 0 Å². The Bertz CT molecular complexity index is 1380. The summed E-state index contributed by atoms with van der Waals surface area (Å²) < 4.78 is 28.5. The average molecular weight is 452 g/mol. The number of para-hydroxylation sites is 1. The molecule has 0 saturated carbocycles. The molecule has 1 aliphatic rings. The fraction of sp³-hybridized carbons (Fsp3) is 0.174. The lowest BCUT2D eigenvalue weighted by atomic mass is 10.1. The minimum Gasteiger partial charge on any atom is -0.319 e. The molecule has 6 nitrogen and oxygen atoms in total. The van der Waals surface area contributed by atoms with Crippen LogP contribution in [0.15, 0.2) is 59.7 Å². The number of aromatic nitrogens is 2. The maximum absolute atomic E-state index is 13.9. The molecule has 32 heavy (non-hydrogen) atoms. The van der Waals surface area contributed by atoms with Gasteiger partial charge in [-0.2, -0.15) is 0 Å². The molecule has 2 aromatic carbocycles. The molecule has 0 bridgehead atoms. The molecule has 2 amide bonds. The number of hydrogen-bond donors (Lipinski definition) is 1. The number of thiophene rings is 1. The normalized spacial score (nSPS) is 13.2. The zero-order chi connectivity index (χ0) is 22.2. The molecule has 9 heteroatoms. The molecular weight excluding hydrogens is 434 g/mol. The first-order valence-electron chi connectivity index (χ1n) is 10.0. The summed E-state index contributed by atoms with van der Waals surface area (Å²) in [5.74, 6) is -0.823. The number of amides is 2. The summed E-state index contributed by atoms with van der Waals surface area (Å²) in [4.78, 5) is 33.4. The van der Waals surface area contributed by atoms with Crippen molar-refractivity contribution in [3.63, 3.8) is 0 Å². The van der Waals surface area contributed by atoms with Crippen LogP contribution in [0.3, 0.4) is 0 Å². The molecule has 2 aromatic heterocycles. The zero-order valence-electron chi connectivity index (χ0n) is 16.8. The van der Waals surface area contributed by atoms with Crippen molar-refractivity contribution in [3.8, 4) is 0 Å². The summed E-state index contributed by atoms with van der Waals surface area (Å²) in [6.45, 7) is 1.03. The van der Waals surface area contributed by atoms with E-state index in [0.717, 1.165) is 16.0 Å². The van der Waals surface area contributed by atoms with Gasteiger partial charge in [-0.25, -0.2) is 18.6 Å². The van der Waals surface area contributed by atoms with Gasteiger partial charge in [-0.3, -0.25) is 9.36 Å². The molecule has 0 aliphatic carbocycles. The van der Waals surface area contributed by atoms with E-state index in [1.807, 2.05) is 0 Å². The molecule has 4 aromatic rings. The van der Waals surface area contributed by atoms with Gasteiger partial charge in [-0.1, -0.05) is 24.3 Å². The van der Waals surface area contributed by atoms with Crippen LogP contribution >= 0.6 is 11.3 Å². The summed E-state index contributed by atoms with van der Waals surface area (Å²) in [7, 11) is 0. The van der Waals surface area contributed by atoms with Crippen molar-refractivity contribution in [3.05, 3.63) is 92.9 Å². The van der Waals surface area contributed by atoms with Gasteiger partial charge in [-0.05, 0) is 41.8 Å². The Labute approximate surface area is 185 Å². The number of benzene rings is 2. The molecule has 0 radical (unpaired) electrons. The van der Waals surface area contributed by atoms with Crippen molar-refractivity contribution in [2.24, 2.45) is 0 Å². The van der Waals surface area contributed by atoms with E-state index in [9.17, 15) is 18.4 Å². The van der Waals surface area contributed by atoms with Gasteiger partial charge in [0.1, 0.15) is 16.5 Å². The summed E-state index contributed by atoms with van der Waals surface area (Å²) >= 11 is 1.39. The molecule has 1 N–H and O–H groups in total. The topological polar surface area (TPSA) is 67.2 Å². The first-order chi connectivity index (χ1) is 15.5. The standard InChI is InChI=1S/C23H18F2N4O2S/c24-15-7-5-14(6-8-15)11-29-13-26-21-20(22(29)30)16-9-10-28(12-19(16)32-21)23(31)27-18-4-2-1-3-17(18)25/h1-8,13H,9-12H2,(H,27,31). The second-order valence-corrected chi connectivity index (χ2v) is 8.65. The number of urea groups is 1. The minimum absolute atomic E-state index is 0.130. The highest BCUT2D eigenvalue weighted by molar-refractivity contribution is 7.18. The minimum atomic E-state index is -0.494. The van der Waals surface area contributed by atoms with Crippen LogP contribution in [0.1, 0.15) is 16.0 Å². The quantitative estimate of drug-likeness (QED) is 0.502. The molecule has 0 spiro atoms. The molecule has 1 aliphatic heterocycles. The average Bonchev–Trinajstić information content (AvgIpc) is 3.17. The number of anilines is 1. The van der Waals surface area contributed by atoms with Crippen LogP contribution in [0.25, 0.3) is 10.2 Å². The molecule has 162 valence electrons.